The predicted molar refractivity (Wildman–Crippen MR) is 60.9 cm³/mol. The highest BCUT2D eigenvalue weighted by Crippen LogP contribution is 2.14. The second kappa shape index (κ2) is 3.87. The Bertz CT molecular complexity index is 457. The van der Waals surface area contributed by atoms with Crippen molar-refractivity contribution in [2.24, 2.45) is 5.73 Å². The van der Waals surface area contributed by atoms with Gasteiger partial charge in [0, 0.05) is 12.2 Å². The summed E-state index contributed by atoms with van der Waals surface area (Å²) >= 11 is 0. The first-order chi connectivity index (χ1) is 7.16. The highest BCUT2D eigenvalue weighted by Gasteiger charge is 2.02. The second-order valence-corrected chi connectivity index (χ2v) is 3.79. The van der Waals surface area contributed by atoms with Gasteiger partial charge in [-0.3, -0.25) is 0 Å². The summed E-state index contributed by atoms with van der Waals surface area (Å²) in [6.45, 7) is 3.96. The van der Waals surface area contributed by atoms with Gasteiger partial charge in [-0.2, -0.15) is 5.10 Å². The summed E-state index contributed by atoms with van der Waals surface area (Å²) in [6.07, 6.45) is 1.95. The number of benzene rings is 1. The Morgan fingerprint density at radius 1 is 1.33 bits per heavy atom. The molecule has 1 aromatic heterocycles. The molecule has 0 saturated carbocycles. The molecular formula is C12H15N3. The largest absolute Gasteiger partial charge is 0.324 e. The zero-order valence-corrected chi connectivity index (χ0v) is 9.01. The van der Waals surface area contributed by atoms with Gasteiger partial charge in [0.25, 0.3) is 0 Å². The van der Waals surface area contributed by atoms with E-state index in [4.69, 9.17) is 5.73 Å². The molecule has 1 atom stereocenters. The van der Waals surface area contributed by atoms with Crippen molar-refractivity contribution in [1.29, 1.82) is 0 Å². The van der Waals surface area contributed by atoms with Crippen molar-refractivity contribution in [1.82, 2.24) is 9.78 Å². The Morgan fingerprint density at radius 3 is 2.73 bits per heavy atom. The van der Waals surface area contributed by atoms with Crippen LogP contribution in [0.4, 0.5) is 0 Å². The molecular weight excluding hydrogens is 186 g/mol. The molecule has 2 aromatic rings. The molecule has 1 heterocycles. The van der Waals surface area contributed by atoms with E-state index in [2.05, 4.69) is 11.2 Å². The van der Waals surface area contributed by atoms with Crippen molar-refractivity contribution < 1.29 is 0 Å². The number of nitrogens with two attached hydrogens (primary N) is 1. The van der Waals surface area contributed by atoms with E-state index in [1.807, 2.05) is 49.0 Å². The Hall–Kier alpha value is -1.61. The summed E-state index contributed by atoms with van der Waals surface area (Å²) in [6, 6.07) is 10.2. The number of aryl methyl sites for hydroxylation is 1. The van der Waals surface area contributed by atoms with Crippen molar-refractivity contribution in [3.63, 3.8) is 0 Å². The van der Waals surface area contributed by atoms with E-state index in [1.54, 1.807) is 0 Å². The van der Waals surface area contributed by atoms with Gasteiger partial charge in [-0.25, -0.2) is 4.68 Å². The maximum atomic E-state index is 5.84. The molecule has 3 nitrogen and oxygen atoms in total. The third-order valence-corrected chi connectivity index (χ3v) is 2.38. The number of aromatic nitrogens is 2. The van der Waals surface area contributed by atoms with Gasteiger partial charge in [0.1, 0.15) is 0 Å². The molecule has 1 aromatic carbocycles. The normalized spacial score (nSPS) is 12.7. The topological polar surface area (TPSA) is 43.8 Å². The number of nitrogens with zero attached hydrogens (tertiary/aromatic N) is 2. The van der Waals surface area contributed by atoms with E-state index >= 15 is 0 Å². The van der Waals surface area contributed by atoms with E-state index in [0.717, 1.165) is 16.9 Å². The summed E-state index contributed by atoms with van der Waals surface area (Å²) < 4.78 is 1.86. The lowest BCUT2D eigenvalue weighted by molar-refractivity contribution is 0.807. The Morgan fingerprint density at radius 2 is 2.13 bits per heavy atom. The highest BCUT2D eigenvalue weighted by atomic mass is 15.3. The molecule has 0 amide bonds. The minimum atomic E-state index is 0.0570. The fraction of sp³-hybridized carbons (Fsp3) is 0.250. The molecule has 2 N–H and O–H groups in total. The van der Waals surface area contributed by atoms with Gasteiger partial charge in [0.15, 0.2) is 0 Å². The lowest BCUT2D eigenvalue weighted by Crippen LogP contribution is -2.06. The first kappa shape index (κ1) is 9.93. The summed E-state index contributed by atoms with van der Waals surface area (Å²) in [5.41, 5.74) is 9.03. The van der Waals surface area contributed by atoms with Gasteiger partial charge in [-0.05, 0) is 37.6 Å². The molecule has 0 fully saturated rings. The maximum absolute atomic E-state index is 5.84. The maximum Gasteiger partial charge on any atom is 0.0648 e. The first-order valence-corrected chi connectivity index (χ1v) is 5.05. The number of rotatable bonds is 2. The molecule has 2 rings (SSSR count). The van der Waals surface area contributed by atoms with E-state index in [-0.39, 0.29) is 6.04 Å². The Kier molecular flexibility index (Phi) is 2.56. The van der Waals surface area contributed by atoms with Crippen LogP contribution in [0, 0.1) is 6.92 Å². The second-order valence-electron chi connectivity index (χ2n) is 3.79. The van der Waals surface area contributed by atoms with Crippen LogP contribution in [0.3, 0.4) is 0 Å². The van der Waals surface area contributed by atoms with Crippen LogP contribution in [0.5, 0.6) is 0 Å². The molecule has 3 heteroatoms. The van der Waals surface area contributed by atoms with Crippen LogP contribution in [-0.4, -0.2) is 9.78 Å². The Balaban J connectivity index is 2.41. The molecule has 0 spiro atoms. The molecule has 0 aliphatic carbocycles. The van der Waals surface area contributed by atoms with Crippen molar-refractivity contribution >= 4 is 0 Å². The SMILES string of the molecule is Cc1ccn(-c2cccc(C(C)N)c2)n1. The van der Waals surface area contributed by atoms with Gasteiger partial charge >= 0.3 is 0 Å². The van der Waals surface area contributed by atoms with Crippen molar-refractivity contribution in [3.8, 4) is 5.69 Å². The fourth-order valence-electron chi connectivity index (χ4n) is 1.51. The summed E-state index contributed by atoms with van der Waals surface area (Å²) in [5.74, 6) is 0. The average Bonchev–Trinajstić information content (AvgIpc) is 2.65. The molecule has 15 heavy (non-hydrogen) atoms. The highest BCUT2D eigenvalue weighted by molar-refractivity contribution is 5.36. The molecule has 0 aliphatic rings. The molecule has 1 unspecified atom stereocenters. The predicted octanol–water partition coefficient (Wildman–Crippen LogP) is 2.20. The van der Waals surface area contributed by atoms with Gasteiger partial charge < -0.3 is 5.73 Å². The minimum Gasteiger partial charge on any atom is -0.324 e. The first-order valence-electron chi connectivity index (χ1n) is 5.05. The molecule has 0 radical (unpaired) electrons. The third-order valence-electron chi connectivity index (χ3n) is 2.38. The van der Waals surface area contributed by atoms with Crippen LogP contribution in [0.25, 0.3) is 5.69 Å². The Labute approximate surface area is 89.5 Å². The van der Waals surface area contributed by atoms with E-state index in [1.165, 1.54) is 0 Å². The van der Waals surface area contributed by atoms with Gasteiger partial charge in [0.05, 0.1) is 11.4 Å². The summed E-state index contributed by atoms with van der Waals surface area (Å²) in [4.78, 5) is 0. The van der Waals surface area contributed by atoms with E-state index in [9.17, 15) is 0 Å². The lowest BCUT2D eigenvalue weighted by atomic mass is 10.1. The van der Waals surface area contributed by atoms with Crippen molar-refractivity contribution in [2.75, 3.05) is 0 Å². The zero-order valence-electron chi connectivity index (χ0n) is 9.01. The van der Waals surface area contributed by atoms with Gasteiger partial charge in [-0.1, -0.05) is 12.1 Å². The number of hydrogen-bond acceptors (Lipinski definition) is 2. The minimum absolute atomic E-state index is 0.0570. The standard InChI is InChI=1S/C12H15N3/c1-9-6-7-15(14-9)12-5-3-4-11(8-12)10(2)13/h3-8,10H,13H2,1-2H3. The van der Waals surface area contributed by atoms with Crippen LogP contribution in [0.1, 0.15) is 24.2 Å². The van der Waals surface area contributed by atoms with Crippen LogP contribution >= 0.6 is 0 Å². The van der Waals surface area contributed by atoms with Crippen LogP contribution in [-0.2, 0) is 0 Å². The monoisotopic (exact) mass is 201 g/mol. The molecule has 78 valence electrons. The average molecular weight is 201 g/mol. The summed E-state index contributed by atoms with van der Waals surface area (Å²) in [5, 5.41) is 4.36. The quantitative estimate of drug-likeness (QED) is 0.809. The molecule has 0 bridgehead atoms. The zero-order chi connectivity index (χ0) is 10.8. The van der Waals surface area contributed by atoms with Crippen LogP contribution < -0.4 is 5.73 Å². The third kappa shape index (κ3) is 2.07. The fourth-order valence-corrected chi connectivity index (χ4v) is 1.51. The lowest BCUT2D eigenvalue weighted by Gasteiger charge is -2.07. The van der Waals surface area contributed by atoms with Gasteiger partial charge in [0.2, 0.25) is 0 Å². The van der Waals surface area contributed by atoms with Crippen LogP contribution in [0.2, 0.25) is 0 Å². The number of hydrogen-bond donors (Lipinski definition) is 1. The molecule has 0 aliphatic heterocycles. The van der Waals surface area contributed by atoms with Crippen LogP contribution in [0.15, 0.2) is 36.5 Å². The summed E-state index contributed by atoms with van der Waals surface area (Å²) in [7, 11) is 0. The van der Waals surface area contributed by atoms with E-state index in [0.29, 0.717) is 0 Å². The van der Waals surface area contributed by atoms with Crippen molar-refractivity contribution in [3.05, 3.63) is 47.8 Å². The van der Waals surface area contributed by atoms with Gasteiger partial charge in [-0.15, -0.1) is 0 Å². The molecule has 0 saturated heterocycles. The smallest absolute Gasteiger partial charge is 0.0648 e. The van der Waals surface area contributed by atoms with Crippen molar-refractivity contribution in [2.45, 2.75) is 19.9 Å². The van der Waals surface area contributed by atoms with E-state index < -0.39 is 0 Å².